The van der Waals surface area contributed by atoms with Crippen molar-refractivity contribution in [2.75, 3.05) is 0 Å². The highest BCUT2D eigenvalue weighted by Crippen LogP contribution is 2.53. The van der Waals surface area contributed by atoms with Gasteiger partial charge in [-0.3, -0.25) is 0 Å². The van der Waals surface area contributed by atoms with Gasteiger partial charge in [0.05, 0.1) is 0 Å². The molecule has 1 aliphatic carbocycles. The molecule has 5 heteroatoms. The van der Waals surface area contributed by atoms with E-state index in [2.05, 4.69) is 55.2 Å². The number of para-hydroxylation sites is 1. The monoisotopic (exact) mass is 523 g/mol. The summed E-state index contributed by atoms with van der Waals surface area (Å²) in [5.41, 5.74) is 4.76. The molecule has 7 rings (SSSR count). The van der Waals surface area contributed by atoms with Gasteiger partial charge < -0.3 is 4.42 Å². The molecular weight excluding hydrogens is 498 g/mol. The van der Waals surface area contributed by atoms with E-state index in [0.29, 0.717) is 11.6 Å². The molecule has 2 unspecified atom stereocenters. The van der Waals surface area contributed by atoms with E-state index in [-0.39, 0.29) is 11.8 Å². The second-order valence-corrected chi connectivity index (χ2v) is 10.7. The molecule has 0 radical (unpaired) electrons. The Hall–Kier alpha value is -4.48. The Balaban J connectivity index is 1.40. The Morgan fingerprint density at radius 1 is 0.846 bits per heavy atom. The molecule has 0 bridgehead atoms. The van der Waals surface area contributed by atoms with Gasteiger partial charge in [0, 0.05) is 38.6 Å². The summed E-state index contributed by atoms with van der Waals surface area (Å²) in [6.07, 6.45) is 12.7. The SMILES string of the molecule is C=CC1=C(/C=C\C)SC2=CC=CC(c3nc(-c4ccccc4)nc(-c4ccc5c(c4)oc4ccccc45)n3)C21. The van der Waals surface area contributed by atoms with Gasteiger partial charge >= 0.3 is 0 Å². The maximum atomic E-state index is 6.18. The number of aromatic nitrogens is 3. The quantitative estimate of drug-likeness (QED) is 0.230. The third kappa shape index (κ3) is 4.06. The second-order valence-electron chi connectivity index (χ2n) is 9.60. The maximum Gasteiger partial charge on any atom is 0.163 e. The predicted octanol–water partition coefficient (Wildman–Crippen LogP) is 9.02. The molecule has 188 valence electrons. The number of allylic oxidation sites excluding steroid dienone is 8. The van der Waals surface area contributed by atoms with Crippen molar-refractivity contribution in [2.45, 2.75) is 12.8 Å². The minimum absolute atomic E-state index is 0.0348. The van der Waals surface area contributed by atoms with Gasteiger partial charge in [-0.15, -0.1) is 0 Å². The zero-order chi connectivity index (χ0) is 26.3. The molecule has 0 N–H and O–H groups in total. The van der Waals surface area contributed by atoms with Crippen LogP contribution in [0.2, 0.25) is 0 Å². The van der Waals surface area contributed by atoms with E-state index in [1.807, 2.05) is 67.6 Å². The van der Waals surface area contributed by atoms with Crippen LogP contribution in [-0.4, -0.2) is 15.0 Å². The van der Waals surface area contributed by atoms with Gasteiger partial charge in [-0.2, -0.15) is 0 Å². The largest absolute Gasteiger partial charge is 0.456 e. The third-order valence-electron chi connectivity index (χ3n) is 7.25. The lowest BCUT2D eigenvalue weighted by Crippen LogP contribution is -2.18. The van der Waals surface area contributed by atoms with E-state index in [0.717, 1.165) is 38.9 Å². The first-order chi connectivity index (χ1) is 19.2. The van der Waals surface area contributed by atoms with Crippen molar-refractivity contribution >= 4 is 33.7 Å². The molecular formula is C34H25N3OS. The zero-order valence-corrected chi connectivity index (χ0v) is 22.2. The molecule has 2 aromatic heterocycles. The van der Waals surface area contributed by atoms with Crippen molar-refractivity contribution < 1.29 is 4.42 Å². The number of fused-ring (bicyclic) bond motifs is 4. The van der Waals surface area contributed by atoms with Crippen molar-refractivity contribution in [1.29, 1.82) is 0 Å². The van der Waals surface area contributed by atoms with Crippen LogP contribution in [0.5, 0.6) is 0 Å². The van der Waals surface area contributed by atoms with E-state index < -0.39 is 0 Å². The Morgan fingerprint density at radius 2 is 1.62 bits per heavy atom. The average Bonchev–Trinajstić information content (AvgIpc) is 3.54. The van der Waals surface area contributed by atoms with E-state index in [1.165, 1.54) is 15.4 Å². The lowest BCUT2D eigenvalue weighted by Gasteiger charge is -2.25. The molecule has 3 heterocycles. The van der Waals surface area contributed by atoms with Crippen LogP contribution in [0.1, 0.15) is 18.7 Å². The molecule has 4 nitrogen and oxygen atoms in total. The van der Waals surface area contributed by atoms with Crippen molar-refractivity contribution in [1.82, 2.24) is 15.0 Å². The van der Waals surface area contributed by atoms with Gasteiger partial charge in [0.15, 0.2) is 11.6 Å². The van der Waals surface area contributed by atoms with Gasteiger partial charge in [-0.1, -0.05) is 109 Å². The van der Waals surface area contributed by atoms with Crippen LogP contribution in [0, 0.1) is 5.92 Å². The van der Waals surface area contributed by atoms with Crippen LogP contribution in [0.4, 0.5) is 0 Å². The zero-order valence-electron chi connectivity index (χ0n) is 21.4. The van der Waals surface area contributed by atoms with Crippen LogP contribution in [-0.2, 0) is 0 Å². The molecule has 0 amide bonds. The summed E-state index contributed by atoms with van der Waals surface area (Å²) in [5.74, 6) is 2.13. The van der Waals surface area contributed by atoms with Gasteiger partial charge in [0.2, 0.25) is 0 Å². The number of rotatable bonds is 5. The molecule has 0 fully saturated rings. The van der Waals surface area contributed by atoms with Crippen LogP contribution in [0.15, 0.2) is 136 Å². The van der Waals surface area contributed by atoms with Gasteiger partial charge in [0.25, 0.3) is 0 Å². The predicted molar refractivity (Wildman–Crippen MR) is 161 cm³/mol. The first kappa shape index (κ1) is 23.6. The van der Waals surface area contributed by atoms with Crippen molar-refractivity contribution in [3.8, 4) is 22.8 Å². The number of thioether (sulfide) groups is 1. The Kier molecular flexibility index (Phi) is 5.86. The van der Waals surface area contributed by atoms with E-state index >= 15 is 0 Å². The minimum atomic E-state index is -0.0348. The van der Waals surface area contributed by atoms with Crippen molar-refractivity contribution in [3.05, 3.63) is 137 Å². The fourth-order valence-electron chi connectivity index (χ4n) is 5.44. The number of hydrogen-bond acceptors (Lipinski definition) is 5. The lowest BCUT2D eigenvalue weighted by atomic mass is 9.81. The van der Waals surface area contributed by atoms with Crippen molar-refractivity contribution in [2.24, 2.45) is 5.92 Å². The Morgan fingerprint density at radius 3 is 2.44 bits per heavy atom. The highest BCUT2D eigenvalue weighted by atomic mass is 32.2. The maximum absolute atomic E-state index is 6.18. The summed E-state index contributed by atoms with van der Waals surface area (Å²) in [5, 5.41) is 2.18. The summed E-state index contributed by atoms with van der Waals surface area (Å²) in [7, 11) is 0. The Labute approximate surface area is 231 Å². The molecule has 2 aliphatic rings. The van der Waals surface area contributed by atoms with Crippen LogP contribution in [0.25, 0.3) is 44.7 Å². The van der Waals surface area contributed by atoms with Crippen molar-refractivity contribution in [3.63, 3.8) is 0 Å². The summed E-state index contributed by atoms with van der Waals surface area (Å²) in [6.45, 7) is 6.20. The number of benzene rings is 3. The molecule has 0 saturated heterocycles. The van der Waals surface area contributed by atoms with Gasteiger partial charge in [-0.25, -0.2) is 15.0 Å². The summed E-state index contributed by atoms with van der Waals surface area (Å²) in [4.78, 5) is 17.6. The van der Waals surface area contributed by atoms with E-state index in [1.54, 1.807) is 11.8 Å². The van der Waals surface area contributed by atoms with Crippen LogP contribution in [0.3, 0.4) is 0 Å². The summed E-state index contributed by atoms with van der Waals surface area (Å²) < 4.78 is 6.18. The fraction of sp³-hybridized carbons (Fsp3) is 0.0882. The van der Waals surface area contributed by atoms with E-state index in [9.17, 15) is 0 Å². The Bertz CT molecular complexity index is 1880. The molecule has 0 spiro atoms. The number of furan rings is 1. The molecule has 2 atom stereocenters. The highest BCUT2D eigenvalue weighted by molar-refractivity contribution is 8.07. The normalized spacial score (nSPS) is 18.7. The first-order valence-corrected chi connectivity index (χ1v) is 13.8. The minimum Gasteiger partial charge on any atom is -0.456 e. The van der Waals surface area contributed by atoms with Gasteiger partial charge in [-0.05, 0) is 35.6 Å². The van der Waals surface area contributed by atoms with Crippen LogP contribution >= 0.6 is 11.8 Å². The summed E-state index contributed by atoms with van der Waals surface area (Å²) in [6, 6.07) is 24.4. The topological polar surface area (TPSA) is 51.8 Å². The average molecular weight is 524 g/mol. The number of nitrogens with zero attached hydrogens (tertiary/aromatic N) is 3. The smallest absolute Gasteiger partial charge is 0.163 e. The molecule has 0 saturated carbocycles. The standard InChI is InChI=1S/C34H25N3OS/c1-3-11-29-23(4-2)31-26(15-10-17-30(31)39-29)34-36-32(21-12-6-5-7-13-21)35-33(37-34)22-18-19-25-24-14-8-9-16-27(24)38-28(25)20-22/h3-20,26,31H,2H2,1H3/b11-3-. The third-order valence-corrected chi connectivity index (χ3v) is 8.47. The summed E-state index contributed by atoms with van der Waals surface area (Å²) >= 11 is 1.80. The van der Waals surface area contributed by atoms with E-state index in [4.69, 9.17) is 19.4 Å². The first-order valence-electron chi connectivity index (χ1n) is 13.0. The number of hydrogen-bond donors (Lipinski definition) is 0. The van der Waals surface area contributed by atoms with Gasteiger partial charge in [0.1, 0.15) is 17.0 Å². The molecule has 3 aromatic carbocycles. The fourth-order valence-corrected chi connectivity index (χ4v) is 6.77. The molecule has 1 aliphatic heterocycles. The molecule has 5 aromatic rings. The van der Waals surface area contributed by atoms with Crippen LogP contribution < -0.4 is 0 Å². The highest BCUT2D eigenvalue weighted by Gasteiger charge is 2.37. The second kappa shape index (κ2) is 9.68. The molecule has 39 heavy (non-hydrogen) atoms. The lowest BCUT2D eigenvalue weighted by molar-refractivity contribution is 0.630.